The highest BCUT2D eigenvalue weighted by Gasteiger charge is 2.33. The maximum atomic E-state index is 12.9. The zero-order valence-corrected chi connectivity index (χ0v) is 19.1. The first-order chi connectivity index (χ1) is 14.6. The number of rotatable bonds is 7. The number of fused-ring (bicyclic) bond motifs is 1. The lowest BCUT2D eigenvalue weighted by molar-refractivity contribution is -0.00244. The van der Waals surface area contributed by atoms with Crippen LogP contribution in [0.2, 0.25) is 0 Å². The number of pyridine rings is 1. The fourth-order valence-corrected chi connectivity index (χ4v) is 6.03. The normalized spacial score (nSPS) is 20.4. The summed E-state index contributed by atoms with van der Waals surface area (Å²) in [7, 11) is -3.69. The monoisotopic (exact) mass is 465 g/mol. The van der Waals surface area contributed by atoms with Crippen molar-refractivity contribution < 1.29 is 19.2 Å². The van der Waals surface area contributed by atoms with Crippen LogP contribution in [0, 0.1) is 10.7 Å². The van der Waals surface area contributed by atoms with Crippen LogP contribution in [0.25, 0.3) is 0 Å². The van der Waals surface area contributed by atoms with Crippen molar-refractivity contribution in [1.82, 2.24) is 14.7 Å². The van der Waals surface area contributed by atoms with Crippen LogP contribution < -0.4 is 10.0 Å². The van der Waals surface area contributed by atoms with E-state index in [9.17, 15) is 19.2 Å². The van der Waals surface area contributed by atoms with Crippen LogP contribution in [0.1, 0.15) is 60.9 Å². The molecular weight excluding hydrogens is 438 g/mol. The lowest BCUT2D eigenvalue weighted by Crippen LogP contribution is -2.34. The number of hydrogen-bond acceptors (Lipinski definition) is 8. The molecule has 0 aliphatic heterocycles. The van der Waals surface area contributed by atoms with Gasteiger partial charge in [-0.15, -0.1) is 11.3 Å². The summed E-state index contributed by atoms with van der Waals surface area (Å²) in [4.78, 5) is 21.3. The predicted octanol–water partition coefficient (Wildman–Crippen LogP) is 2.88. The average molecular weight is 466 g/mol. The second-order valence-electron chi connectivity index (χ2n) is 8.52. The lowest BCUT2D eigenvalue weighted by atomic mass is 9.94. The van der Waals surface area contributed by atoms with Crippen molar-refractivity contribution in [2.24, 2.45) is 5.92 Å². The molecule has 4 rings (SSSR count). The van der Waals surface area contributed by atoms with Gasteiger partial charge in [0.05, 0.1) is 18.5 Å². The number of aryl methyl sites for hydroxylation is 1. The molecule has 2 unspecified atom stereocenters. The van der Waals surface area contributed by atoms with Gasteiger partial charge in [-0.1, -0.05) is 6.92 Å². The van der Waals surface area contributed by atoms with Gasteiger partial charge in [-0.2, -0.15) is 0 Å². The highest BCUT2D eigenvalue weighted by Crippen LogP contribution is 2.45. The first-order valence-corrected chi connectivity index (χ1v) is 12.7. The molecule has 0 aromatic carbocycles. The zero-order valence-electron chi connectivity index (χ0n) is 17.5. The number of amides is 2. The Hall–Kier alpha value is -2.08. The Morgan fingerprint density at radius 2 is 2.13 bits per heavy atom. The molecule has 2 aliphatic rings. The minimum absolute atomic E-state index is 0.00194. The third kappa shape index (κ3) is 4.45. The van der Waals surface area contributed by atoms with Crippen LogP contribution >= 0.6 is 11.3 Å². The number of nitrogens with zero attached hydrogens (tertiary/aromatic N) is 2. The Bertz CT molecular complexity index is 1110. The summed E-state index contributed by atoms with van der Waals surface area (Å²) in [6.07, 6.45) is 8.02. The smallest absolute Gasteiger partial charge is 0.331 e. The van der Waals surface area contributed by atoms with E-state index in [1.807, 2.05) is 6.20 Å². The van der Waals surface area contributed by atoms with E-state index in [1.165, 1.54) is 13.1 Å². The standard InChI is InChI=1S/C20H27N5O4S2/c1-11(12-6-7-12)14-8-22-15-5-3-4-13(15)17(14)24-19(27)25-31(21,29)16-9-23-18(30-16)20(2,28)10-26/h8-9,11-12,26,28H,3-7,10H2,1-2H3,(H3,21,22,24,25,27,29)/t11-,20?,31?/m0/s1. The summed E-state index contributed by atoms with van der Waals surface area (Å²) < 4.78 is 23.3. The molecule has 1 saturated carbocycles. The summed E-state index contributed by atoms with van der Waals surface area (Å²) in [5, 5.41) is 22.4. The number of aliphatic hydroxyl groups excluding tert-OH is 1. The largest absolute Gasteiger partial charge is 0.393 e. The van der Waals surface area contributed by atoms with Crippen LogP contribution in [-0.4, -0.2) is 37.0 Å². The molecular formula is C20H27N5O4S2. The van der Waals surface area contributed by atoms with E-state index in [2.05, 4.69) is 26.9 Å². The zero-order chi connectivity index (χ0) is 22.4. The maximum absolute atomic E-state index is 12.9. The molecule has 3 atom stereocenters. The number of nitrogens with one attached hydrogen (secondary N) is 3. The molecule has 0 saturated heterocycles. The third-order valence-corrected chi connectivity index (χ3v) is 9.11. The van der Waals surface area contributed by atoms with Gasteiger partial charge in [-0.05, 0) is 62.0 Å². The van der Waals surface area contributed by atoms with Crippen LogP contribution in [0.4, 0.5) is 10.5 Å². The molecule has 2 aromatic heterocycles. The summed E-state index contributed by atoms with van der Waals surface area (Å²) in [6.45, 7) is 2.94. The van der Waals surface area contributed by atoms with E-state index in [-0.39, 0.29) is 15.1 Å². The number of aliphatic hydroxyl groups is 2. The van der Waals surface area contributed by atoms with E-state index < -0.39 is 28.2 Å². The Labute approximate surface area is 185 Å². The van der Waals surface area contributed by atoms with Crippen LogP contribution in [0.3, 0.4) is 0 Å². The van der Waals surface area contributed by atoms with Gasteiger partial charge in [0.15, 0.2) is 9.92 Å². The van der Waals surface area contributed by atoms with E-state index in [4.69, 9.17) is 4.78 Å². The second kappa shape index (κ2) is 8.12. The molecule has 0 radical (unpaired) electrons. The molecule has 2 heterocycles. The van der Waals surface area contributed by atoms with Crippen molar-refractivity contribution in [1.29, 1.82) is 4.78 Å². The Morgan fingerprint density at radius 3 is 2.81 bits per heavy atom. The maximum Gasteiger partial charge on any atom is 0.331 e. The average Bonchev–Trinajstić information content (AvgIpc) is 3.23. The summed E-state index contributed by atoms with van der Waals surface area (Å²) in [6, 6.07) is -0.728. The molecule has 5 N–H and O–H groups in total. The Balaban J connectivity index is 1.56. The van der Waals surface area contributed by atoms with E-state index in [0.29, 0.717) is 5.92 Å². The van der Waals surface area contributed by atoms with Gasteiger partial charge in [0.25, 0.3) is 0 Å². The summed E-state index contributed by atoms with van der Waals surface area (Å²) >= 11 is 0.823. The van der Waals surface area contributed by atoms with E-state index in [1.54, 1.807) is 0 Å². The topological polar surface area (TPSA) is 148 Å². The first kappa shape index (κ1) is 22.1. The lowest BCUT2D eigenvalue weighted by Gasteiger charge is -2.20. The number of thiazole rings is 1. The van der Waals surface area contributed by atoms with Crippen molar-refractivity contribution in [3.05, 3.63) is 34.2 Å². The molecule has 168 valence electrons. The third-order valence-electron chi connectivity index (χ3n) is 5.97. The number of urea groups is 1. The molecule has 2 amide bonds. The Morgan fingerprint density at radius 1 is 1.39 bits per heavy atom. The van der Waals surface area contributed by atoms with Crippen molar-refractivity contribution in [2.75, 3.05) is 11.9 Å². The van der Waals surface area contributed by atoms with Gasteiger partial charge >= 0.3 is 6.03 Å². The van der Waals surface area contributed by atoms with Crippen LogP contribution in [0.5, 0.6) is 0 Å². The van der Waals surface area contributed by atoms with Crippen molar-refractivity contribution in [2.45, 2.75) is 61.7 Å². The quantitative estimate of drug-likeness (QED) is 0.425. The van der Waals surface area contributed by atoms with Gasteiger partial charge in [0.1, 0.15) is 14.8 Å². The molecule has 2 aromatic rings. The van der Waals surface area contributed by atoms with Gasteiger partial charge in [-0.3, -0.25) is 4.98 Å². The van der Waals surface area contributed by atoms with Gasteiger partial charge in [-0.25, -0.2) is 23.5 Å². The molecule has 31 heavy (non-hydrogen) atoms. The minimum atomic E-state index is -3.69. The van der Waals surface area contributed by atoms with Gasteiger partial charge < -0.3 is 15.5 Å². The number of anilines is 1. The number of aromatic nitrogens is 2. The fraction of sp³-hybridized carbons (Fsp3) is 0.550. The fourth-order valence-electron chi connectivity index (χ4n) is 3.90. The molecule has 1 fully saturated rings. The van der Waals surface area contributed by atoms with Crippen molar-refractivity contribution in [3.63, 3.8) is 0 Å². The van der Waals surface area contributed by atoms with Crippen molar-refractivity contribution in [3.8, 4) is 0 Å². The molecule has 9 nitrogen and oxygen atoms in total. The van der Waals surface area contributed by atoms with Gasteiger partial charge in [0, 0.05) is 11.9 Å². The van der Waals surface area contributed by atoms with E-state index in [0.717, 1.165) is 65.9 Å². The predicted molar refractivity (Wildman–Crippen MR) is 117 cm³/mol. The molecule has 11 heteroatoms. The minimum Gasteiger partial charge on any atom is -0.393 e. The summed E-state index contributed by atoms with van der Waals surface area (Å²) in [5.41, 5.74) is 2.10. The number of carbonyl (C=O) groups excluding carboxylic acids is 1. The summed E-state index contributed by atoms with van der Waals surface area (Å²) in [5.74, 6) is 0.846. The number of carbonyl (C=O) groups is 1. The van der Waals surface area contributed by atoms with E-state index >= 15 is 0 Å². The van der Waals surface area contributed by atoms with Crippen LogP contribution in [-0.2, 0) is 28.4 Å². The number of hydrogen-bond donors (Lipinski definition) is 5. The molecule has 0 bridgehead atoms. The molecule has 0 spiro atoms. The van der Waals surface area contributed by atoms with Crippen molar-refractivity contribution >= 4 is 33.0 Å². The first-order valence-electron chi connectivity index (χ1n) is 10.3. The highest BCUT2D eigenvalue weighted by atomic mass is 32.2. The van der Waals surface area contributed by atoms with Gasteiger partial charge in [0.2, 0.25) is 0 Å². The Kier molecular flexibility index (Phi) is 5.80. The SMILES string of the molecule is C[C@H](c1cnc2c(c1NC(=O)NS(=N)(=O)c1cnc(C(C)(O)CO)s1)CCC2)C1CC1. The highest BCUT2D eigenvalue weighted by molar-refractivity contribution is 7.93. The molecule has 2 aliphatic carbocycles. The van der Waals surface area contributed by atoms with Crippen LogP contribution in [0.15, 0.2) is 16.6 Å². The second-order valence-corrected chi connectivity index (χ2v) is 11.6.